The summed E-state index contributed by atoms with van der Waals surface area (Å²) >= 11 is 0. The Kier molecular flexibility index (Phi) is 8.73. The molecule has 0 bridgehead atoms. The highest BCUT2D eigenvalue weighted by atomic mass is 16.5. The van der Waals surface area contributed by atoms with Gasteiger partial charge in [0, 0.05) is 6.42 Å². The van der Waals surface area contributed by atoms with Crippen molar-refractivity contribution in [2.75, 3.05) is 0 Å². The third kappa shape index (κ3) is 8.38. The van der Waals surface area contributed by atoms with Crippen LogP contribution in [-0.2, 0) is 11.2 Å². The average molecular weight is 263 g/mol. The summed E-state index contributed by atoms with van der Waals surface area (Å²) in [5.74, 6) is -0.275. The molecule has 0 aliphatic heterocycles. The standard InChI is InChI=1S/C16H25NO2/c18-16(17-19)14-10-5-3-1-2-4-7-11-15-12-8-6-9-13-15/h6,8-9,12-13,19H,1-5,7,10-11,14H2,(H,17,18). The van der Waals surface area contributed by atoms with Gasteiger partial charge in [-0.3, -0.25) is 10.0 Å². The molecule has 0 aliphatic rings. The molecule has 1 aromatic rings. The molecule has 0 atom stereocenters. The van der Waals surface area contributed by atoms with Crippen LogP contribution < -0.4 is 5.48 Å². The molecule has 0 heterocycles. The van der Waals surface area contributed by atoms with Gasteiger partial charge in [0.05, 0.1) is 0 Å². The van der Waals surface area contributed by atoms with Gasteiger partial charge < -0.3 is 0 Å². The van der Waals surface area contributed by atoms with Gasteiger partial charge in [0.25, 0.3) is 0 Å². The maximum Gasteiger partial charge on any atom is 0.243 e. The van der Waals surface area contributed by atoms with Crippen LogP contribution in [-0.4, -0.2) is 11.1 Å². The number of aryl methyl sites for hydroxylation is 1. The minimum absolute atomic E-state index is 0.275. The van der Waals surface area contributed by atoms with E-state index in [1.807, 2.05) is 0 Å². The van der Waals surface area contributed by atoms with Crippen LogP contribution in [0.1, 0.15) is 56.9 Å². The van der Waals surface area contributed by atoms with E-state index in [0.717, 1.165) is 12.8 Å². The van der Waals surface area contributed by atoms with Crippen LogP contribution in [0.2, 0.25) is 0 Å². The van der Waals surface area contributed by atoms with Gasteiger partial charge in [-0.25, -0.2) is 5.48 Å². The van der Waals surface area contributed by atoms with Crippen molar-refractivity contribution in [2.24, 2.45) is 0 Å². The summed E-state index contributed by atoms with van der Waals surface area (Å²) in [6.45, 7) is 0. The van der Waals surface area contributed by atoms with E-state index in [1.165, 1.54) is 44.1 Å². The van der Waals surface area contributed by atoms with E-state index < -0.39 is 0 Å². The molecular formula is C16H25NO2. The highest BCUT2D eigenvalue weighted by Crippen LogP contribution is 2.11. The SMILES string of the molecule is O=C(CCCCCCCCCc1ccccc1)NO. The van der Waals surface area contributed by atoms with Gasteiger partial charge in [-0.15, -0.1) is 0 Å². The molecule has 0 unspecified atom stereocenters. The van der Waals surface area contributed by atoms with E-state index in [4.69, 9.17) is 5.21 Å². The lowest BCUT2D eigenvalue weighted by molar-refractivity contribution is -0.129. The first kappa shape index (κ1) is 15.7. The molecule has 0 saturated carbocycles. The summed E-state index contributed by atoms with van der Waals surface area (Å²) in [4.78, 5) is 10.8. The number of hydrogen-bond donors (Lipinski definition) is 2. The van der Waals surface area contributed by atoms with Crippen molar-refractivity contribution in [1.82, 2.24) is 5.48 Å². The quantitative estimate of drug-likeness (QED) is 0.382. The second-order valence-electron chi connectivity index (χ2n) is 5.00. The fourth-order valence-electron chi connectivity index (χ4n) is 2.20. The first-order valence-electron chi connectivity index (χ1n) is 7.30. The zero-order valence-corrected chi connectivity index (χ0v) is 11.6. The Morgan fingerprint density at radius 2 is 1.47 bits per heavy atom. The van der Waals surface area contributed by atoms with Crippen LogP contribution in [0.4, 0.5) is 0 Å². The molecule has 0 aromatic heterocycles. The molecular weight excluding hydrogens is 238 g/mol. The van der Waals surface area contributed by atoms with Crippen LogP contribution in [0.5, 0.6) is 0 Å². The number of benzene rings is 1. The first-order valence-corrected chi connectivity index (χ1v) is 7.30. The predicted molar refractivity (Wildman–Crippen MR) is 77.0 cm³/mol. The van der Waals surface area contributed by atoms with Crippen LogP contribution >= 0.6 is 0 Å². The Bertz CT molecular complexity index is 338. The molecule has 1 rings (SSSR count). The molecule has 0 saturated heterocycles. The number of unbranched alkanes of at least 4 members (excludes halogenated alkanes) is 6. The fourth-order valence-corrected chi connectivity index (χ4v) is 2.20. The molecule has 0 radical (unpaired) electrons. The number of carbonyl (C=O) groups is 1. The van der Waals surface area contributed by atoms with Crippen molar-refractivity contribution in [1.29, 1.82) is 0 Å². The monoisotopic (exact) mass is 263 g/mol. The Balaban J connectivity index is 1.85. The predicted octanol–water partition coefficient (Wildman–Crippen LogP) is 3.86. The highest BCUT2D eigenvalue weighted by molar-refractivity contribution is 5.74. The largest absolute Gasteiger partial charge is 0.289 e. The lowest BCUT2D eigenvalue weighted by atomic mass is 10.0. The summed E-state index contributed by atoms with van der Waals surface area (Å²) in [6.07, 6.45) is 9.81. The Hall–Kier alpha value is -1.35. The van der Waals surface area contributed by atoms with Gasteiger partial charge in [0.1, 0.15) is 0 Å². The van der Waals surface area contributed by atoms with Crippen molar-refractivity contribution in [3.8, 4) is 0 Å². The number of amides is 1. The summed E-state index contributed by atoms with van der Waals surface area (Å²) in [5.41, 5.74) is 3.09. The summed E-state index contributed by atoms with van der Waals surface area (Å²) < 4.78 is 0. The molecule has 1 amide bonds. The lowest BCUT2D eigenvalue weighted by Gasteiger charge is -2.02. The van der Waals surface area contributed by atoms with Crippen molar-refractivity contribution in [3.05, 3.63) is 35.9 Å². The molecule has 0 spiro atoms. The molecule has 2 N–H and O–H groups in total. The van der Waals surface area contributed by atoms with Gasteiger partial charge in [-0.05, 0) is 24.8 Å². The Labute approximate surface area is 116 Å². The van der Waals surface area contributed by atoms with E-state index in [2.05, 4.69) is 30.3 Å². The molecule has 3 heteroatoms. The molecule has 1 aromatic carbocycles. The number of rotatable bonds is 10. The summed E-state index contributed by atoms with van der Waals surface area (Å²) in [6, 6.07) is 10.6. The molecule has 0 aliphatic carbocycles. The highest BCUT2D eigenvalue weighted by Gasteiger charge is 1.98. The van der Waals surface area contributed by atoms with E-state index in [9.17, 15) is 4.79 Å². The maximum absolute atomic E-state index is 10.8. The molecule has 0 fully saturated rings. The third-order valence-electron chi connectivity index (χ3n) is 3.34. The van der Waals surface area contributed by atoms with Crippen LogP contribution in [0.3, 0.4) is 0 Å². The van der Waals surface area contributed by atoms with Crippen molar-refractivity contribution in [3.63, 3.8) is 0 Å². The Morgan fingerprint density at radius 1 is 0.895 bits per heavy atom. The van der Waals surface area contributed by atoms with Gasteiger partial charge in [-0.2, -0.15) is 0 Å². The minimum Gasteiger partial charge on any atom is -0.289 e. The minimum atomic E-state index is -0.275. The fraction of sp³-hybridized carbons (Fsp3) is 0.562. The topological polar surface area (TPSA) is 49.3 Å². The normalized spacial score (nSPS) is 10.4. The van der Waals surface area contributed by atoms with Crippen molar-refractivity contribution >= 4 is 5.91 Å². The van der Waals surface area contributed by atoms with Crippen molar-refractivity contribution in [2.45, 2.75) is 57.8 Å². The molecule has 3 nitrogen and oxygen atoms in total. The van der Waals surface area contributed by atoms with Gasteiger partial charge in [0.15, 0.2) is 0 Å². The maximum atomic E-state index is 10.8. The zero-order chi connectivity index (χ0) is 13.8. The molecule has 106 valence electrons. The number of hydroxylamine groups is 1. The van der Waals surface area contributed by atoms with Crippen molar-refractivity contribution < 1.29 is 10.0 Å². The third-order valence-corrected chi connectivity index (χ3v) is 3.34. The zero-order valence-electron chi connectivity index (χ0n) is 11.6. The van der Waals surface area contributed by atoms with E-state index >= 15 is 0 Å². The second-order valence-corrected chi connectivity index (χ2v) is 5.00. The first-order chi connectivity index (χ1) is 9.33. The second kappa shape index (κ2) is 10.6. The Morgan fingerprint density at radius 3 is 2.11 bits per heavy atom. The van der Waals surface area contributed by atoms with Crippen LogP contribution in [0, 0.1) is 0 Å². The molecule has 19 heavy (non-hydrogen) atoms. The van der Waals surface area contributed by atoms with Gasteiger partial charge in [-0.1, -0.05) is 62.4 Å². The van der Waals surface area contributed by atoms with E-state index in [0.29, 0.717) is 6.42 Å². The van der Waals surface area contributed by atoms with E-state index in [1.54, 1.807) is 5.48 Å². The van der Waals surface area contributed by atoms with Gasteiger partial charge in [0.2, 0.25) is 5.91 Å². The average Bonchev–Trinajstić information content (AvgIpc) is 2.46. The number of nitrogens with one attached hydrogen (secondary N) is 1. The van der Waals surface area contributed by atoms with Crippen LogP contribution in [0.25, 0.3) is 0 Å². The summed E-state index contributed by atoms with van der Waals surface area (Å²) in [5, 5.41) is 8.33. The smallest absolute Gasteiger partial charge is 0.243 e. The number of hydrogen-bond acceptors (Lipinski definition) is 2. The van der Waals surface area contributed by atoms with E-state index in [-0.39, 0.29) is 5.91 Å². The van der Waals surface area contributed by atoms with Gasteiger partial charge >= 0.3 is 0 Å². The summed E-state index contributed by atoms with van der Waals surface area (Å²) in [7, 11) is 0. The van der Waals surface area contributed by atoms with Crippen LogP contribution in [0.15, 0.2) is 30.3 Å². The lowest BCUT2D eigenvalue weighted by Crippen LogP contribution is -2.17. The number of carbonyl (C=O) groups excluding carboxylic acids is 1.